The second kappa shape index (κ2) is 2.26. The maximum absolute atomic E-state index is 9.86. The Hall–Kier alpha value is -1.12. The first kappa shape index (κ1) is 6.88. The standard InChI is InChI=1S/C5H7NO2/c1-3(2)4(6)5(7)8/h6H,1H2,2H3,(H,7,8). The maximum Gasteiger partial charge on any atom is 0.354 e. The van der Waals surface area contributed by atoms with E-state index < -0.39 is 11.7 Å². The fourth-order valence-electron chi connectivity index (χ4n) is 0.183. The minimum atomic E-state index is -1.22. The van der Waals surface area contributed by atoms with Crippen molar-refractivity contribution in [2.45, 2.75) is 6.92 Å². The van der Waals surface area contributed by atoms with Gasteiger partial charge in [0, 0.05) is 0 Å². The highest BCUT2D eigenvalue weighted by Gasteiger charge is 2.04. The summed E-state index contributed by atoms with van der Waals surface area (Å²) in [6.45, 7) is 4.75. The van der Waals surface area contributed by atoms with Crippen LogP contribution >= 0.6 is 0 Å². The van der Waals surface area contributed by atoms with E-state index in [4.69, 9.17) is 10.5 Å². The van der Waals surface area contributed by atoms with Crippen molar-refractivity contribution in [2.75, 3.05) is 0 Å². The molecule has 0 amide bonds. The molecule has 0 spiro atoms. The van der Waals surface area contributed by atoms with E-state index in [9.17, 15) is 4.79 Å². The van der Waals surface area contributed by atoms with Gasteiger partial charge in [-0.05, 0) is 12.5 Å². The summed E-state index contributed by atoms with van der Waals surface area (Å²) >= 11 is 0. The molecule has 2 N–H and O–H groups in total. The molecular formula is C5H7NO2. The van der Waals surface area contributed by atoms with Gasteiger partial charge in [0.25, 0.3) is 0 Å². The van der Waals surface area contributed by atoms with Crippen LogP contribution in [0.4, 0.5) is 0 Å². The molecular weight excluding hydrogens is 106 g/mol. The monoisotopic (exact) mass is 113 g/mol. The fraction of sp³-hybridized carbons (Fsp3) is 0.200. The normalized spacial score (nSPS) is 8.12. The molecule has 0 aliphatic carbocycles. The van der Waals surface area contributed by atoms with E-state index >= 15 is 0 Å². The molecule has 0 unspecified atom stereocenters. The van der Waals surface area contributed by atoms with E-state index in [1.165, 1.54) is 6.92 Å². The number of aliphatic carboxylic acids is 1. The lowest BCUT2D eigenvalue weighted by Gasteiger charge is -1.90. The second-order valence-corrected chi connectivity index (χ2v) is 1.46. The summed E-state index contributed by atoms with van der Waals surface area (Å²) in [5.74, 6) is -1.22. The molecule has 44 valence electrons. The van der Waals surface area contributed by atoms with Crippen LogP contribution in [-0.4, -0.2) is 16.8 Å². The molecule has 0 atom stereocenters. The Labute approximate surface area is 47.2 Å². The van der Waals surface area contributed by atoms with Crippen molar-refractivity contribution in [2.24, 2.45) is 0 Å². The summed E-state index contributed by atoms with van der Waals surface area (Å²) in [6.07, 6.45) is 0. The predicted octanol–water partition coefficient (Wildman–Crippen LogP) is 0.667. The highest BCUT2D eigenvalue weighted by Crippen LogP contribution is 1.88. The molecule has 0 bridgehead atoms. The minimum absolute atomic E-state index is 0.275. The molecule has 0 saturated heterocycles. The summed E-state index contributed by atoms with van der Waals surface area (Å²) < 4.78 is 0. The number of carbonyl (C=O) groups is 1. The number of nitrogens with one attached hydrogen (secondary N) is 1. The first-order valence-electron chi connectivity index (χ1n) is 2.03. The summed E-state index contributed by atoms with van der Waals surface area (Å²) in [5.41, 5.74) is -0.150. The van der Waals surface area contributed by atoms with Gasteiger partial charge in [-0.2, -0.15) is 0 Å². The zero-order chi connectivity index (χ0) is 6.73. The van der Waals surface area contributed by atoms with Crippen molar-refractivity contribution in [3.63, 3.8) is 0 Å². The van der Waals surface area contributed by atoms with Gasteiger partial charge in [0.15, 0.2) is 0 Å². The molecule has 0 rings (SSSR count). The van der Waals surface area contributed by atoms with Gasteiger partial charge in [-0.1, -0.05) is 6.58 Å². The van der Waals surface area contributed by atoms with Gasteiger partial charge in [-0.25, -0.2) is 4.79 Å². The number of hydrogen-bond acceptors (Lipinski definition) is 2. The average molecular weight is 113 g/mol. The van der Waals surface area contributed by atoms with Crippen molar-refractivity contribution >= 4 is 11.7 Å². The van der Waals surface area contributed by atoms with E-state index in [-0.39, 0.29) is 5.57 Å². The topological polar surface area (TPSA) is 61.2 Å². The third-order valence-electron chi connectivity index (χ3n) is 0.641. The van der Waals surface area contributed by atoms with Crippen LogP contribution in [-0.2, 0) is 4.79 Å². The number of carboxylic acids is 1. The Bertz CT molecular complexity index is 133. The summed E-state index contributed by atoms with van der Waals surface area (Å²) in [6, 6.07) is 0. The van der Waals surface area contributed by atoms with Crippen molar-refractivity contribution in [1.29, 1.82) is 5.41 Å². The van der Waals surface area contributed by atoms with Crippen LogP contribution in [0.25, 0.3) is 0 Å². The van der Waals surface area contributed by atoms with Crippen LogP contribution in [0.5, 0.6) is 0 Å². The molecule has 0 aliphatic heterocycles. The molecule has 3 heteroatoms. The third kappa shape index (κ3) is 1.55. The predicted molar refractivity (Wildman–Crippen MR) is 30.2 cm³/mol. The average Bonchev–Trinajstić information content (AvgIpc) is 1.64. The second-order valence-electron chi connectivity index (χ2n) is 1.46. The third-order valence-corrected chi connectivity index (χ3v) is 0.641. The first-order valence-corrected chi connectivity index (χ1v) is 2.03. The first-order chi connectivity index (χ1) is 3.55. The zero-order valence-corrected chi connectivity index (χ0v) is 4.56. The van der Waals surface area contributed by atoms with Crippen molar-refractivity contribution in [3.8, 4) is 0 Å². The smallest absolute Gasteiger partial charge is 0.354 e. The van der Waals surface area contributed by atoms with Crippen LogP contribution in [0.2, 0.25) is 0 Å². The van der Waals surface area contributed by atoms with Gasteiger partial charge in [-0.3, -0.25) is 5.41 Å². The van der Waals surface area contributed by atoms with Crippen LogP contribution < -0.4 is 0 Å². The lowest BCUT2D eigenvalue weighted by atomic mass is 10.2. The quantitative estimate of drug-likeness (QED) is 0.517. The Kier molecular flexibility index (Phi) is 1.94. The Morgan fingerprint density at radius 2 is 2.12 bits per heavy atom. The summed E-state index contributed by atoms with van der Waals surface area (Å²) in [4.78, 5) is 9.86. The van der Waals surface area contributed by atoms with Crippen molar-refractivity contribution < 1.29 is 9.90 Å². The molecule has 0 radical (unpaired) electrons. The number of carboxylic acid groups (broad SMARTS) is 1. The minimum Gasteiger partial charge on any atom is -0.477 e. The summed E-state index contributed by atoms with van der Waals surface area (Å²) in [7, 11) is 0. The molecule has 0 aromatic rings. The molecule has 0 aromatic heterocycles. The molecule has 0 aromatic carbocycles. The van der Waals surface area contributed by atoms with Gasteiger partial charge in [-0.15, -0.1) is 0 Å². The number of rotatable bonds is 2. The van der Waals surface area contributed by atoms with E-state index in [0.29, 0.717) is 0 Å². The largest absolute Gasteiger partial charge is 0.477 e. The highest BCUT2D eigenvalue weighted by atomic mass is 16.4. The van der Waals surface area contributed by atoms with E-state index in [2.05, 4.69) is 6.58 Å². The van der Waals surface area contributed by atoms with E-state index in [0.717, 1.165) is 0 Å². The van der Waals surface area contributed by atoms with Crippen LogP contribution in [0.15, 0.2) is 12.2 Å². The van der Waals surface area contributed by atoms with Gasteiger partial charge >= 0.3 is 5.97 Å². The van der Waals surface area contributed by atoms with Crippen molar-refractivity contribution in [3.05, 3.63) is 12.2 Å². The Morgan fingerprint density at radius 1 is 1.75 bits per heavy atom. The van der Waals surface area contributed by atoms with Gasteiger partial charge in [0.05, 0.1) is 0 Å². The lowest BCUT2D eigenvalue weighted by molar-refractivity contribution is -0.129. The number of hydrogen-bond donors (Lipinski definition) is 2. The molecule has 0 saturated carbocycles. The fourth-order valence-corrected chi connectivity index (χ4v) is 0.183. The zero-order valence-electron chi connectivity index (χ0n) is 4.56. The van der Waals surface area contributed by atoms with E-state index in [1.54, 1.807) is 0 Å². The SMILES string of the molecule is C=C(C)C(=N)C(=O)O. The van der Waals surface area contributed by atoms with Crippen LogP contribution in [0.1, 0.15) is 6.92 Å². The molecule has 3 nitrogen and oxygen atoms in total. The lowest BCUT2D eigenvalue weighted by Crippen LogP contribution is -2.11. The Morgan fingerprint density at radius 3 is 2.12 bits per heavy atom. The van der Waals surface area contributed by atoms with Crippen molar-refractivity contribution in [1.82, 2.24) is 0 Å². The maximum atomic E-state index is 9.86. The highest BCUT2D eigenvalue weighted by molar-refractivity contribution is 6.40. The molecule has 8 heavy (non-hydrogen) atoms. The van der Waals surface area contributed by atoms with Crippen LogP contribution in [0, 0.1) is 5.41 Å². The Balaban J connectivity index is 4.05. The summed E-state index contributed by atoms with van der Waals surface area (Å²) in [5, 5.41) is 14.8. The van der Waals surface area contributed by atoms with E-state index in [1.807, 2.05) is 0 Å². The van der Waals surface area contributed by atoms with Gasteiger partial charge < -0.3 is 5.11 Å². The van der Waals surface area contributed by atoms with Gasteiger partial charge in [0.1, 0.15) is 5.71 Å². The van der Waals surface area contributed by atoms with Crippen LogP contribution in [0.3, 0.4) is 0 Å². The van der Waals surface area contributed by atoms with Gasteiger partial charge in [0.2, 0.25) is 0 Å². The molecule has 0 fully saturated rings. The molecule has 0 heterocycles. The molecule has 0 aliphatic rings.